The molecule has 6 atom stereocenters. The Bertz CT molecular complexity index is 6390. The van der Waals surface area contributed by atoms with Gasteiger partial charge in [-0.15, -0.1) is 0 Å². The zero-order valence-corrected chi connectivity index (χ0v) is 79.9. The van der Waals surface area contributed by atoms with Crippen molar-refractivity contribution >= 4 is 148 Å². The minimum atomic E-state index is -1.20. The smallest absolute Gasteiger partial charge is 0.435 e. The highest BCUT2D eigenvalue weighted by Gasteiger charge is 2.55. The Balaban J connectivity index is 0.000000151. The Morgan fingerprint density at radius 3 is 1.08 bits per heavy atom. The van der Waals surface area contributed by atoms with Crippen LogP contribution in [0.2, 0.25) is 0 Å². The van der Waals surface area contributed by atoms with Crippen molar-refractivity contribution in [2.45, 2.75) is 208 Å². The summed E-state index contributed by atoms with van der Waals surface area (Å²) in [6, 6.07) is 37.3. The first-order valence-corrected chi connectivity index (χ1v) is 46.3. The van der Waals surface area contributed by atoms with Crippen LogP contribution in [0.1, 0.15) is 279 Å². The molecule has 11 aliphatic heterocycles. The number of benzene rings is 7. The number of carbonyl (C=O) groups is 25. The van der Waals surface area contributed by atoms with Crippen LogP contribution >= 0.6 is 0 Å². The molecule has 11 heterocycles. The molecule has 142 heavy (non-hydrogen) atoms. The quantitative estimate of drug-likeness (QED) is 0.0516. The van der Waals surface area contributed by atoms with Crippen LogP contribution in [-0.2, 0) is 84.8 Å². The maximum Gasteiger partial charge on any atom is 0.510 e. The molecule has 0 aromatic heterocycles. The van der Waals surface area contributed by atoms with Crippen LogP contribution in [0.15, 0.2) is 152 Å². The van der Waals surface area contributed by atoms with E-state index in [1.165, 1.54) is 19.2 Å². The molecule has 7 aromatic rings. The van der Waals surface area contributed by atoms with Crippen molar-refractivity contribution < 1.29 is 135 Å². The van der Waals surface area contributed by atoms with Crippen LogP contribution in [0, 0.1) is 27.7 Å². The molecular weight excluding hydrogens is 1840 g/mol. The molecule has 0 bridgehead atoms. The lowest BCUT2D eigenvalue weighted by Gasteiger charge is -2.42. The van der Waals surface area contributed by atoms with Crippen LogP contribution in [0.5, 0.6) is 0 Å². The molecule has 1 aliphatic carbocycles. The fraction of sp³-hybridized carbons (Fsp3) is 0.350. The lowest BCUT2D eigenvalue weighted by atomic mass is 9.78. The number of piperidine rings is 5. The van der Waals surface area contributed by atoms with Gasteiger partial charge in [-0.05, 0) is 165 Å². The maximum absolute atomic E-state index is 13.0. The lowest BCUT2D eigenvalue weighted by molar-refractivity contribution is -0.186. The van der Waals surface area contributed by atoms with Crippen molar-refractivity contribution in [3.8, 4) is 0 Å². The van der Waals surface area contributed by atoms with Gasteiger partial charge >= 0.3 is 6.16 Å². The highest BCUT2D eigenvalue weighted by molar-refractivity contribution is 6.28. The average Bonchev–Trinajstić information content (AvgIpc) is 1.74. The number of amides is 22. The van der Waals surface area contributed by atoms with E-state index in [-0.39, 0.29) is 172 Å². The molecule has 0 spiro atoms. The third-order valence-corrected chi connectivity index (χ3v) is 25.6. The minimum Gasteiger partial charge on any atom is -0.435 e. The normalized spacial score (nSPS) is 21.2. The molecule has 19 rings (SSSR count). The van der Waals surface area contributed by atoms with E-state index < -0.39 is 155 Å². The van der Waals surface area contributed by atoms with Gasteiger partial charge in [0.1, 0.15) is 41.5 Å². The van der Waals surface area contributed by atoms with Crippen molar-refractivity contribution in [3.63, 3.8) is 0 Å². The molecule has 5 saturated heterocycles. The maximum atomic E-state index is 13.0. The topological polar surface area (TPSA) is 501 Å². The van der Waals surface area contributed by atoms with Gasteiger partial charge in [0.05, 0.1) is 81.6 Å². The first-order chi connectivity index (χ1) is 67.6. The number of aryl methyl sites for hydroxylation is 4. The van der Waals surface area contributed by atoms with Gasteiger partial charge in [0.25, 0.3) is 100 Å². The molecule has 0 radical (unpaired) electrons. The van der Waals surface area contributed by atoms with E-state index in [1.54, 1.807) is 137 Å². The number of likely N-dealkylation sites (tertiary alicyclic amines) is 4. The van der Waals surface area contributed by atoms with E-state index in [4.69, 9.17) is 4.74 Å². The summed E-state index contributed by atoms with van der Waals surface area (Å²) in [6.07, 6.45) is 0.202. The van der Waals surface area contributed by atoms with Gasteiger partial charge in [-0.25, -0.2) is 9.69 Å². The van der Waals surface area contributed by atoms with Crippen LogP contribution in [0.25, 0.3) is 0 Å². The Kier molecular flexibility index (Phi) is 32.2. The fourth-order valence-corrected chi connectivity index (χ4v) is 18.2. The second-order valence-corrected chi connectivity index (χ2v) is 34.4. The van der Waals surface area contributed by atoms with Crippen molar-refractivity contribution in [3.05, 3.63) is 246 Å². The lowest BCUT2D eigenvalue weighted by Crippen LogP contribution is -2.61. The van der Waals surface area contributed by atoms with Gasteiger partial charge in [-0.3, -0.25) is 164 Å². The number of rotatable bonds is 12. The van der Waals surface area contributed by atoms with Gasteiger partial charge in [-0.1, -0.05) is 135 Å². The summed E-state index contributed by atoms with van der Waals surface area (Å²) >= 11 is 0. The predicted molar refractivity (Wildman–Crippen MR) is 496 cm³/mol. The molecule has 12 aliphatic rings. The molecule has 738 valence electrons. The number of hydrogen-bond acceptors (Lipinski definition) is 28. The first kappa shape index (κ1) is 105. The zero-order valence-electron chi connectivity index (χ0n) is 79.9. The minimum absolute atomic E-state index is 0.0109. The molecule has 39 nitrogen and oxygen atoms in total. The van der Waals surface area contributed by atoms with Crippen LogP contribution in [-0.4, -0.2) is 270 Å². The first-order valence-electron chi connectivity index (χ1n) is 46.3. The summed E-state index contributed by atoms with van der Waals surface area (Å²) < 4.78 is 9.30. The Morgan fingerprint density at radius 2 is 0.676 bits per heavy atom. The van der Waals surface area contributed by atoms with E-state index in [1.807, 2.05) is 78.8 Å². The number of fused-ring (bicyclic) bond motifs is 6. The molecule has 5 unspecified atom stereocenters. The second-order valence-electron chi connectivity index (χ2n) is 34.4. The number of Topliss-reactive ketones (excluding diaryl/α,β-unsaturated/α-hetero) is 2. The summed E-state index contributed by atoms with van der Waals surface area (Å²) in [5.41, 5.74) is 7.06. The van der Waals surface area contributed by atoms with E-state index in [9.17, 15) is 125 Å². The highest BCUT2D eigenvalue weighted by Crippen LogP contribution is 2.39. The van der Waals surface area contributed by atoms with E-state index in [2.05, 4.69) is 4.74 Å². The third-order valence-electron chi connectivity index (χ3n) is 25.6. The second kappa shape index (κ2) is 43.8. The largest absolute Gasteiger partial charge is 0.510 e. The molecule has 7 aromatic carbocycles. The van der Waals surface area contributed by atoms with Crippen LogP contribution in [0.4, 0.5) is 4.79 Å². The Labute approximate surface area is 813 Å². The molecule has 39 heteroatoms. The van der Waals surface area contributed by atoms with Gasteiger partial charge in [0.2, 0.25) is 29.5 Å². The number of ketones is 2. The van der Waals surface area contributed by atoms with Crippen LogP contribution < -0.4 is 0 Å². The standard InChI is InChI=1S/C21H18N2O4.C17H16N2O7.C16H16N2O4.C16H15NO4.C15H14N2O4.C14H12N2O5.2C2H6/c1-13-7-8-15-16(11-13)20(26)23(19(15)25)17-9-10-18(24)22(21(17)27)12-14-5-3-2-4-6-14;1-2-25-17(24)26-9-18-13(20)8-7-12(16(18)23)19-14(21)10-5-3-4-6-11(10)15(19)22;1-3-17-13(19)7-6-12(16(17)22)18-14(20)10-5-4-9(2)8-11(10)15(18)21;1-16(7-6-11(18)9-13(16)19)17-14(20)8-10-4-2-3-5-12(10)15(17)21;1-8-3-4-9-10(7-8)14(20)17(13(9)19)11-5-6-12(18)16(2)15(11)21;1-7-2-3-8-9(6-7)13(19)15(12(8)18)10-4-5-11(17)16(21)14(10)20;2*1-2/h2-8,11,17H,9-10,12H2,1H3;3-6,12H,2,7-9H2,1H3;4-5,8,12H,3,6-7H2,1-2H3;2-5H,6-9H2,1H3;3-4,7,11H,5-6H2,1-2H3;2-3,6,10,21H,4-5H2,1H3;2*1-2H3/t;;;16-;;;;/m...0..../s1. The molecular formula is C103H103N11O28. The number of imide groups is 11. The van der Waals surface area contributed by atoms with Crippen molar-refractivity contribution in [2.75, 3.05) is 26.9 Å². The highest BCUT2D eigenvalue weighted by atomic mass is 16.7. The number of hydroxylamine groups is 2. The molecule has 6 fully saturated rings. The zero-order chi connectivity index (χ0) is 104. The van der Waals surface area contributed by atoms with Crippen molar-refractivity contribution in [1.29, 1.82) is 0 Å². The summed E-state index contributed by atoms with van der Waals surface area (Å²) in [7, 11) is 1.37. The summed E-state index contributed by atoms with van der Waals surface area (Å²) in [6.45, 7) is 20.0. The summed E-state index contributed by atoms with van der Waals surface area (Å²) in [4.78, 5) is 316. The van der Waals surface area contributed by atoms with Crippen LogP contribution in [0.3, 0.4) is 0 Å². The van der Waals surface area contributed by atoms with E-state index in [0.717, 1.165) is 71.9 Å². The van der Waals surface area contributed by atoms with Crippen molar-refractivity contribution in [2.24, 2.45) is 0 Å². The monoisotopic (exact) mass is 1940 g/mol. The van der Waals surface area contributed by atoms with Gasteiger partial charge in [-0.2, -0.15) is 5.06 Å². The summed E-state index contributed by atoms with van der Waals surface area (Å²) in [5, 5.41) is 9.38. The van der Waals surface area contributed by atoms with Gasteiger partial charge in [0.15, 0.2) is 12.5 Å². The number of nitrogens with zero attached hydrogens (tertiary/aromatic N) is 11. The Hall–Kier alpha value is -16.4. The SMILES string of the molecule is CC.CC.CCN1C(=O)CCC(N2C(=O)c3ccc(C)cc3C2=O)C1=O.CCOC(=O)OCN1C(=O)CCC(N2C(=O)c3ccccc3C2=O)C1=O.C[C@]1(N2C(=O)Cc3ccccc3C2=O)CCC(=O)CC1=O.Cc1ccc2c(c1)C(=O)N(C1CCC(=O)N(C)C1=O)C2=O.Cc1ccc2c(c1)C(=O)N(C1CCC(=O)N(Cc3ccccc3)C1=O)C2=O.Cc1ccc2c(c1)C(=O)N(C1CCC(=O)N(O)C1=O)C2=O. The average molecular weight is 1940 g/mol. The van der Waals surface area contributed by atoms with E-state index >= 15 is 0 Å². The van der Waals surface area contributed by atoms with Gasteiger partial charge < -0.3 is 9.47 Å². The molecule has 1 saturated carbocycles. The predicted octanol–water partition coefficient (Wildman–Crippen LogP) is 8.95. The van der Waals surface area contributed by atoms with Gasteiger partial charge in [0, 0.05) is 57.7 Å². The summed E-state index contributed by atoms with van der Waals surface area (Å²) in [5.74, 6) is -11.6. The molecule has 1 N–H and O–H groups in total. The number of carbonyl (C=O) groups excluding carboxylic acids is 25. The van der Waals surface area contributed by atoms with Crippen molar-refractivity contribution in [1.82, 2.24) is 54.1 Å². The Morgan fingerprint density at radius 1 is 0.345 bits per heavy atom. The number of hydrogen-bond donors (Lipinski definition) is 1. The number of likely N-dealkylation sites (N-methyl/N-ethyl adjacent to an activating group) is 2. The molecule has 22 amide bonds. The number of ether oxygens (including phenoxy) is 2. The third kappa shape index (κ3) is 20.3. The fourth-order valence-electron chi connectivity index (χ4n) is 18.2. The van der Waals surface area contributed by atoms with E-state index in [0.29, 0.717) is 49.4 Å².